The molecule has 3 atom stereocenters. The van der Waals surface area contributed by atoms with Crippen molar-refractivity contribution in [1.29, 1.82) is 0 Å². The summed E-state index contributed by atoms with van der Waals surface area (Å²) in [5.41, 5.74) is 0.0788. The van der Waals surface area contributed by atoms with Crippen LogP contribution in [0.4, 0.5) is 0 Å². The van der Waals surface area contributed by atoms with Crippen molar-refractivity contribution in [3.05, 3.63) is 0 Å². The largest absolute Gasteiger partial charge is 0.299 e. The summed E-state index contributed by atoms with van der Waals surface area (Å²) < 4.78 is 0. The Morgan fingerprint density at radius 3 is 2.75 bits per heavy atom. The molecule has 0 radical (unpaired) electrons. The first-order valence-corrected chi connectivity index (χ1v) is 5.18. The molecule has 2 saturated carbocycles. The van der Waals surface area contributed by atoms with Crippen molar-refractivity contribution >= 4 is 5.78 Å². The molecule has 0 N–H and O–H groups in total. The van der Waals surface area contributed by atoms with Gasteiger partial charge < -0.3 is 0 Å². The van der Waals surface area contributed by atoms with Crippen LogP contribution in [0.2, 0.25) is 0 Å². The minimum absolute atomic E-state index is 0.0788. The Balaban J connectivity index is 2.25. The third-order valence-corrected chi connectivity index (χ3v) is 4.01. The van der Waals surface area contributed by atoms with Crippen LogP contribution in [0.3, 0.4) is 0 Å². The van der Waals surface area contributed by atoms with Gasteiger partial charge in [-0.2, -0.15) is 0 Å². The van der Waals surface area contributed by atoms with Crippen molar-refractivity contribution < 1.29 is 4.79 Å². The quantitative estimate of drug-likeness (QED) is 0.541. The monoisotopic (exact) mass is 166 g/mol. The van der Waals surface area contributed by atoms with Crippen molar-refractivity contribution in [2.24, 2.45) is 17.3 Å². The second-order valence-corrected chi connectivity index (χ2v) is 4.94. The van der Waals surface area contributed by atoms with Gasteiger partial charge in [0.05, 0.1) is 0 Å². The SMILES string of the molecule is CC1CCC2(C)CCCC1C2=O. The summed E-state index contributed by atoms with van der Waals surface area (Å²) >= 11 is 0. The fourth-order valence-corrected chi connectivity index (χ4v) is 2.95. The second kappa shape index (κ2) is 2.58. The summed E-state index contributed by atoms with van der Waals surface area (Å²) in [4.78, 5) is 11.9. The lowest BCUT2D eigenvalue weighted by atomic mass is 9.59. The minimum Gasteiger partial charge on any atom is -0.299 e. The maximum atomic E-state index is 11.9. The van der Waals surface area contributed by atoms with Gasteiger partial charge in [0, 0.05) is 11.3 Å². The fourth-order valence-electron chi connectivity index (χ4n) is 2.95. The summed E-state index contributed by atoms with van der Waals surface area (Å²) in [7, 11) is 0. The number of Topliss-reactive ketones (excluding diaryl/α,β-unsaturated/α-hetero) is 1. The summed E-state index contributed by atoms with van der Waals surface area (Å²) in [5, 5.41) is 0. The van der Waals surface area contributed by atoms with Gasteiger partial charge in [-0.05, 0) is 31.6 Å². The molecule has 68 valence electrons. The molecule has 0 amide bonds. The predicted octanol–water partition coefficient (Wildman–Crippen LogP) is 2.79. The van der Waals surface area contributed by atoms with E-state index in [4.69, 9.17) is 0 Å². The van der Waals surface area contributed by atoms with Crippen molar-refractivity contribution in [2.75, 3.05) is 0 Å². The zero-order valence-electron chi connectivity index (χ0n) is 8.10. The maximum absolute atomic E-state index is 11.9. The van der Waals surface area contributed by atoms with Crippen LogP contribution in [0.5, 0.6) is 0 Å². The van der Waals surface area contributed by atoms with Gasteiger partial charge in [0.25, 0.3) is 0 Å². The second-order valence-electron chi connectivity index (χ2n) is 4.94. The highest BCUT2D eigenvalue weighted by molar-refractivity contribution is 5.88. The first-order valence-electron chi connectivity index (χ1n) is 5.18. The van der Waals surface area contributed by atoms with E-state index in [2.05, 4.69) is 13.8 Å². The van der Waals surface area contributed by atoms with E-state index in [1.807, 2.05) is 0 Å². The van der Waals surface area contributed by atoms with Crippen molar-refractivity contribution in [2.45, 2.75) is 46.0 Å². The number of fused-ring (bicyclic) bond motifs is 2. The Hall–Kier alpha value is -0.330. The van der Waals surface area contributed by atoms with Crippen LogP contribution in [0.25, 0.3) is 0 Å². The van der Waals surface area contributed by atoms with E-state index < -0.39 is 0 Å². The van der Waals surface area contributed by atoms with Gasteiger partial charge in [-0.3, -0.25) is 4.79 Å². The lowest BCUT2D eigenvalue weighted by molar-refractivity contribution is -0.141. The highest BCUT2D eigenvalue weighted by Gasteiger charge is 2.46. The van der Waals surface area contributed by atoms with Crippen LogP contribution < -0.4 is 0 Å². The Morgan fingerprint density at radius 1 is 1.33 bits per heavy atom. The number of hydrogen-bond acceptors (Lipinski definition) is 1. The van der Waals surface area contributed by atoms with Gasteiger partial charge in [0.15, 0.2) is 0 Å². The molecule has 2 rings (SSSR count). The zero-order valence-corrected chi connectivity index (χ0v) is 8.10. The molecule has 1 heteroatoms. The van der Waals surface area contributed by atoms with E-state index in [0.29, 0.717) is 17.6 Å². The molecule has 0 aromatic rings. The van der Waals surface area contributed by atoms with Crippen molar-refractivity contribution in [1.82, 2.24) is 0 Å². The number of hydrogen-bond donors (Lipinski definition) is 0. The molecule has 2 aliphatic rings. The highest BCUT2D eigenvalue weighted by atomic mass is 16.1. The molecule has 3 unspecified atom stereocenters. The Morgan fingerprint density at radius 2 is 2.08 bits per heavy atom. The third-order valence-electron chi connectivity index (χ3n) is 4.01. The highest BCUT2D eigenvalue weighted by Crippen LogP contribution is 2.47. The average molecular weight is 166 g/mol. The molecule has 12 heavy (non-hydrogen) atoms. The van der Waals surface area contributed by atoms with Crippen molar-refractivity contribution in [3.8, 4) is 0 Å². The van der Waals surface area contributed by atoms with Crippen molar-refractivity contribution in [3.63, 3.8) is 0 Å². The molecule has 0 saturated heterocycles. The van der Waals surface area contributed by atoms with E-state index >= 15 is 0 Å². The van der Waals surface area contributed by atoms with E-state index in [1.165, 1.54) is 12.8 Å². The van der Waals surface area contributed by atoms with E-state index in [-0.39, 0.29) is 5.41 Å². The van der Waals surface area contributed by atoms with Gasteiger partial charge in [-0.15, -0.1) is 0 Å². The first-order chi connectivity index (χ1) is 5.63. The average Bonchev–Trinajstić information content (AvgIpc) is 2.03. The predicted molar refractivity (Wildman–Crippen MR) is 48.9 cm³/mol. The van der Waals surface area contributed by atoms with Crippen LogP contribution in [0.15, 0.2) is 0 Å². The number of carbonyl (C=O) groups is 1. The lowest BCUT2D eigenvalue weighted by Gasteiger charge is -2.44. The lowest BCUT2D eigenvalue weighted by Crippen LogP contribution is -2.44. The molecule has 0 aromatic heterocycles. The summed E-state index contributed by atoms with van der Waals surface area (Å²) in [6, 6.07) is 0. The zero-order chi connectivity index (χ0) is 8.77. The summed E-state index contributed by atoms with van der Waals surface area (Å²) in [5.74, 6) is 1.65. The van der Waals surface area contributed by atoms with Crippen LogP contribution in [-0.4, -0.2) is 5.78 Å². The van der Waals surface area contributed by atoms with Gasteiger partial charge >= 0.3 is 0 Å². The fraction of sp³-hybridized carbons (Fsp3) is 0.909. The van der Waals surface area contributed by atoms with Crippen LogP contribution >= 0.6 is 0 Å². The minimum atomic E-state index is 0.0788. The molecular formula is C11H18O. The Labute approximate surface area is 74.5 Å². The molecule has 2 fully saturated rings. The number of rotatable bonds is 0. The molecule has 1 nitrogen and oxygen atoms in total. The Bertz CT molecular complexity index is 209. The molecule has 0 aromatic carbocycles. The third kappa shape index (κ3) is 1.02. The van der Waals surface area contributed by atoms with Gasteiger partial charge in [-0.25, -0.2) is 0 Å². The van der Waals surface area contributed by atoms with Crippen LogP contribution in [-0.2, 0) is 4.79 Å². The maximum Gasteiger partial charge on any atom is 0.142 e. The molecule has 2 bridgehead atoms. The topological polar surface area (TPSA) is 17.1 Å². The molecule has 0 spiro atoms. The molecular weight excluding hydrogens is 148 g/mol. The standard InChI is InChI=1S/C11H18O/c1-8-5-7-11(2)6-3-4-9(8)10(11)12/h8-9H,3-7H2,1-2H3. The van der Waals surface area contributed by atoms with E-state index in [9.17, 15) is 4.79 Å². The number of ketones is 1. The van der Waals surface area contributed by atoms with Gasteiger partial charge in [0.2, 0.25) is 0 Å². The Kier molecular flexibility index (Phi) is 1.78. The molecule has 2 aliphatic carbocycles. The van der Waals surface area contributed by atoms with Crippen LogP contribution in [0.1, 0.15) is 46.0 Å². The molecule has 0 heterocycles. The number of carbonyl (C=O) groups excluding carboxylic acids is 1. The van der Waals surface area contributed by atoms with Gasteiger partial charge in [-0.1, -0.05) is 20.3 Å². The summed E-state index contributed by atoms with van der Waals surface area (Å²) in [6.07, 6.45) is 6.00. The molecule has 0 aliphatic heterocycles. The smallest absolute Gasteiger partial charge is 0.142 e. The van der Waals surface area contributed by atoms with E-state index in [1.54, 1.807) is 0 Å². The summed E-state index contributed by atoms with van der Waals surface area (Å²) in [6.45, 7) is 4.42. The van der Waals surface area contributed by atoms with Crippen LogP contribution in [0, 0.1) is 17.3 Å². The first kappa shape index (κ1) is 8.28. The van der Waals surface area contributed by atoms with Gasteiger partial charge in [0.1, 0.15) is 5.78 Å². The normalized spacial score (nSPS) is 47.7. The van der Waals surface area contributed by atoms with E-state index in [0.717, 1.165) is 19.3 Å².